The third-order valence-corrected chi connectivity index (χ3v) is 5.79. The van der Waals surface area contributed by atoms with E-state index in [1.165, 1.54) is 36.4 Å². The highest BCUT2D eigenvalue weighted by molar-refractivity contribution is 7.87. The molecule has 7 nitrogen and oxygen atoms in total. The van der Waals surface area contributed by atoms with Crippen LogP contribution in [0.15, 0.2) is 62.6 Å². The van der Waals surface area contributed by atoms with E-state index in [0.29, 0.717) is 37.6 Å². The van der Waals surface area contributed by atoms with Crippen LogP contribution in [0.3, 0.4) is 0 Å². The molecule has 28 heavy (non-hydrogen) atoms. The minimum Gasteiger partial charge on any atom is -0.440 e. The Morgan fingerprint density at radius 2 is 1.71 bits per heavy atom. The van der Waals surface area contributed by atoms with Crippen molar-refractivity contribution in [3.05, 3.63) is 64.3 Å². The molecule has 2 heterocycles. The number of nitrogens with zero attached hydrogens (tertiary/aromatic N) is 1. The van der Waals surface area contributed by atoms with Gasteiger partial charge in [0.1, 0.15) is 16.2 Å². The summed E-state index contributed by atoms with van der Waals surface area (Å²) in [5.41, 5.74) is 1.02. The highest BCUT2D eigenvalue weighted by Gasteiger charge is 2.19. The summed E-state index contributed by atoms with van der Waals surface area (Å²) in [6, 6.07) is 12.2. The molecular formula is C20H19NO6S. The summed E-state index contributed by atoms with van der Waals surface area (Å²) in [5, 5.41) is 0.358. The molecule has 4 rings (SSSR count). The standard InChI is InChI=1S/C20H19NO6S/c1-14-2-5-16(6-3-14)28(23,24)27-15-4-7-17-18(22)13-20(26-19(17)12-15)21-8-10-25-11-9-21/h2-7,12-13H,8-11H2,1H3. The van der Waals surface area contributed by atoms with Gasteiger partial charge in [-0.05, 0) is 31.2 Å². The van der Waals surface area contributed by atoms with Gasteiger partial charge in [0.15, 0.2) is 11.3 Å². The van der Waals surface area contributed by atoms with Gasteiger partial charge in [0.2, 0.25) is 0 Å². The average Bonchev–Trinajstić information content (AvgIpc) is 2.68. The Kier molecular flexibility index (Phi) is 4.82. The quantitative estimate of drug-likeness (QED) is 0.621. The first-order chi connectivity index (χ1) is 13.4. The lowest BCUT2D eigenvalue weighted by Gasteiger charge is -2.27. The summed E-state index contributed by atoms with van der Waals surface area (Å²) in [6.07, 6.45) is 0. The molecule has 146 valence electrons. The molecule has 0 unspecified atom stereocenters. The summed E-state index contributed by atoms with van der Waals surface area (Å²) in [7, 11) is -3.99. The smallest absolute Gasteiger partial charge is 0.339 e. The van der Waals surface area contributed by atoms with E-state index in [9.17, 15) is 13.2 Å². The molecule has 1 saturated heterocycles. The molecule has 0 N–H and O–H groups in total. The summed E-state index contributed by atoms with van der Waals surface area (Å²) in [5.74, 6) is 0.509. The average molecular weight is 401 g/mol. The van der Waals surface area contributed by atoms with E-state index >= 15 is 0 Å². The van der Waals surface area contributed by atoms with Gasteiger partial charge in [-0.25, -0.2) is 0 Å². The fraction of sp³-hybridized carbons (Fsp3) is 0.250. The van der Waals surface area contributed by atoms with E-state index in [1.54, 1.807) is 12.1 Å². The number of rotatable bonds is 4. The Bertz CT molecular complexity index is 1160. The maximum absolute atomic E-state index is 12.5. The summed E-state index contributed by atoms with van der Waals surface area (Å²) >= 11 is 0. The third kappa shape index (κ3) is 3.74. The number of aryl methyl sites for hydroxylation is 1. The van der Waals surface area contributed by atoms with Crippen LogP contribution < -0.4 is 14.5 Å². The maximum atomic E-state index is 12.5. The zero-order valence-electron chi connectivity index (χ0n) is 15.3. The lowest BCUT2D eigenvalue weighted by atomic mass is 10.2. The molecule has 0 bridgehead atoms. The number of benzene rings is 2. The number of morpholine rings is 1. The van der Waals surface area contributed by atoms with Gasteiger partial charge in [-0.2, -0.15) is 8.42 Å². The molecule has 1 aliphatic rings. The van der Waals surface area contributed by atoms with Crippen LogP contribution in [0.2, 0.25) is 0 Å². The molecule has 1 aliphatic heterocycles. The summed E-state index contributed by atoms with van der Waals surface area (Å²) < 4.78 is 41.4. The van der Waals surface area contributed by atoms with Crippen LogP contribution in [0.4, 0.5) is 5.88 Å². The van der Waals surface area contributed by atoms with Gasteiger partial charge in [-0.3, -0.25) is 4.79 Å². The summed E-state index contributed by atoms with van der Waals surface area (Å²) in [4.78, 5) is 14.4. The van der Waals surface area contributed by atoms with Crippen LogP contribution >= 0.6 is 0 Å². The van der Waals surface area contributed by atoms with Gasteiger partial charge in [-0.1, -0.05) is 17.7 Å². The van der Waals surface area contributed by atoms with Gasteiger partial charge in [0.05, 0.1) is 18.6 Å². The van der Waals surface area contributed by atoms with Gasteiger partial charge in [0, 0.05) is 25.2 Å². The molecule has 2 aromatic carbocycles. The van der Waals surface area contributed by atoms with Crippen LogP contribution in [-0.2, 0) is 14.9 Å². The first-order valence-electron chi connectivity index (χ1n) is 8.84. The second-order valence-corrected chi connectivity index (χ2v) is 8.10. The third-order valence-electron chi connectivity index (χ3n) is 4.53. The van der Waals surface area contributed by atoms with Crippen molar-refractivity contribution < 1.29 is 21.8 Å². The molecule has 0 saturated carbocycles. The van der Waals surface area contributed by atoms with E-state index in [1.807, 2.05) is 11.8 Å². The monoisotopic (exact) mass is 401 g/mol. The van der Waals surface area contributed by atoms with Crippen molar-refractivity contribution in [2.75, 3.05) is 31.2 Å². The minimum atomic E-state index is -3.99. The highest BCUT2D eigenvalue weighted by Crippen LogP contribution is 2.26. The fourth-order valence-electron chi connectivity index (χ4n) is 2.99. The molecule has 0 atom stereocenters. The second kappa shape index (κ2) is 7.29. The van der Waals surface area contributed by atoms with Crippen molar-refractivity contribution in [1.82, 2.24) is 0 Å². The van der Waals surface area contributed by atoms with E-state index in [0.717, 1.165) is 5.56 Å². The van der Waals surface area contributed by atoms with Crippen LogP contribution in [0, 0.1) is 6.92 Å². The predicted molar refractivity (Wildman–Crippen MR) is 105 cm³/mol. The zero-order chi connectivity index (χ0) is 19.7. The number of hydrogen-bond donors (Lipinski definition) is 0. The van der Waals surface area contributed by atoms with E-state index < -0.39 is 10.1 Å². The molecule has 1 aromatic heterocycles. The van der Waals surface area contributed by atoms with Crippen molar-refractivity contribution >= 4 is 27.0 Å². The predicted octanol–water partition coefficient (Wildman–Crippen LogP) is 2.71. The van der Waals surface area contributed by atoms with Gasteiger partial charge >= 0.3 is 10.1 Å². The SMILES string of the molecule is Cc1ccc(S(=O)(=O)Oc2ccc3c(=O)cc(N4CCOCC4)oc3c2)cc1. The highest BCUT2D eigenvalue weighted by atomic mass is 32.2. The Morgan fingerprint density at radius 3 is 2.43 bits per heavy atom. The molecule has 1 fully saturated rings. The molecule has 0 radical (unpaired) electrons. The number of ether oxygens (including phenoxy) is 1. The van der Waals surface area contributed by atoms with Gasteiger partial charge in [-0.15, -0.1) is 0 Å². The molecule has 8 heteroatoms. The number of fused-ring (bicyclic) bond motifs is 1. The Labute approximate surface area is 162 Å². The largest absolute Gasteiger partial charge is 0.440 e. The van der Waals surface area contributed by atoms with Crippen molar-refractivity contribution in [1.29, 1.82) is 0 Å². The molecule has 0 spiro atoms. The molecule has 0 aliphatic carbocycles. The van der Waals surface area contributed by atoms with Crippen molar-refractivity contribution in [3.63, 3.8) is 0 Å². The van der Waals surface area contributed by atoms with Crippen LogP contribution in [0.1, 0.15) is 5.56 Å². The van der Waals surface area contributed by atoms with E-state index in [4.69, 9.17) is 13.3 Å². The number of hydrogen-bond acceptors (Lipinski definition) is 7. The fourth-order valence-corrected chi connectivity index (χ4v) is 3.92. The first kappa shape index (κ1) is 18.5. The Balaban J connectivity index is 1.68. The van der Waals surface area contributed by atoms with Crippen LogP contribution in [0.25, 0.3) is 11.0 Å². The Hall–Kier alpha value is -2.84. The van der Waals surface area contributed by atoms with Crippen molar-refractivity contribution in [2.45, 2.75) is 11.8 Å². The minimum absolute atomic E-state index is 0.0571. The number of anilines is 1. The first-order valence-corrected chi connectivity index (χ1v) is 10.2. The summed E-state index contributed by atoms with van der Waals surface area (Å²) in [6.45, 7) is 4.22. The van der Waals surface area contributed by atoms with Gasteiger partial charge < -0.3 is 18.2 Å². The Morgan fingerprint density at radius 1 is 1.00 bits per heavy atom. The van der Waals surface area contributed by atoms with E-state index in [-0.39, 0.29) is 21.7 Å². The second-order valence-electron chi connectivity index (χ2n) is 6.56. The normalized spacial score (nSPS) is 15.0. The van der Waals surface area contributed by atoms with Crippen LogP contribution in [0.5, 0.6) is 5.75 Å². The lowest BCUT2D eigenvalue weighted by Crippen LogP contribution is -2.36. The lowest BCUT2D eigenvalue weighted by molar-refractivity contribution is 0.121. The molecule has 3 aromatic rings. The van der Waals surface area contributed by atoms with E-state index in [2.05, 4.69) is 0 Å². The maximum Gasteiger partial charge on any atom is 0.339 e. The zero-order valence-corrected chi connectivity index (χ0v) is 16.1. The van der Waals surface area contributed by atoms with Crippen molar-refractivity contribution in [2.24, 2.45) is 0 Å². The molecule has 0 amide bonds. The topological polar surface area (TPSA) is 86.1 Å². The van der Waals surface area contributed by atoms with Crippen molar-refractivity contribution in [3.8, 4) is 5.75 Å². The molecular weight excluding hydrogens is 382 g/mol. The van der Waals surface area contributed by atoms with Crippen LogP contribution in [-0.4, -0.2) is 34.7 Å². The van der Waals surface area contributed by atoms with Gasteiger partial charge in [0.25, 0.3) is 0 Å².